The molecule has 0 bridgehead atoms. The van der Waals surface area contributed by atoms with Gasteiger partial charge in [-0.3, -0.25) is 0 Å². The van der Waals surface area contributed by atoms with Crippen LogP contribution in [0.15, 0.2) is 30.3 Å². The van der Waals surface area contributed by atoms with Gasteiger partial charge in [0, 0.05) is 23.3 Å². The highest BCUT2D eigenvalue weighted by molar-refractivity contribution is 6.30. The van der Waals surface area contributed by atoms with Gasteiger partial charge in [-0.1, -0.05) is 30.7 Å². The van der Waals surface area contributed by atoms with Crippen molar-refractivity contribution >= 4 is 17.5 Å². The van der Waals surface area contributed by atoms with E-state index in [1.54, 1.807) is 0 Å². The third kappa shape index (κ3) is 4.38. The molecule has 0 radical (unpaired) electrons. The number of aromatic nitrogens is 2. The summed E-state index contributed by atoms with van der Waals surface area (Å²) in [6, 6.07) is 9.41. The number of aryl methyl sites for hydroxylation is 1. The summed E-state index contributed by atoms with van der Waals surface area (Å²) in [6.07, 6.45) is 1.02. The second-order valence-corrected chi connectivity index (χ2v) is 4.95. The van der Waals surface area contributed by atoms with E-state index in [4.69, 9.17) is 16.3 Å². The van der Waals surface area contributed by atoms with Crippen LogP contribution in [-0.2, 0) is 6.61 Å². The third-order valence-electron chi connectivity index (χ3n) is 2.64. The quantitative estimate of drug-likeness (QED) is 0.878. The van der Waals surface area contributed by atoms with E-state index in [0.717, 1.165) is 24.2 Å². The Morgan fingerprint density at radius 3 is 2.85 bits per heavy atom. The number of hydrogen-bond acceptors (Lipinski definition) is 4. The molecule has 1 aromatic heterocycles. The standard InChI is InChI=1S/C15H18ClN3O/c1-3-7-17-15-18-11(2)8-14(19-15)20-10-12-5-4-6-13(16)9-12/h4-6,8-9H,3,7,10H2,1-2H3,(H,17,18,19). The van der Waals surface area contributed by atoms with E-state index in [1.165, 1.54) is 0 Å². The van der Waals surface area contributed by atoms with E-state index in [-0.39, 0.29) is 0 Å². The molecule has 0 unspecified atom stereocenters. The maximum absolute atomic E-state index is 5.94. The zero-order chi connectivity index (χ0) is 14.4. The molecular weight excluding hydrogens is 274 g/mol. The summed E-state index contributed by atoms with van der Waals surface area (Å²) in [4.78, 5) is 8.65. The van der Waals surface area contributed by atoms with E-state index in [2.05, 4.69) is 22.2 Å². The van der Waals surface area contributed by atoms with Gasteiger partial charge >= 0.3 is 0 Å². The van der Waals surface area contributed by atoms with Crippen LogP contribution in [0.1, 0.15) is 24.6 Å². The molecule has 0 spiro atoms. The van der Waals surface area contributed by atoms with Crippen LogP contribution in [0.5, 0.6) is 5.88 Å². The monoisotopic (exact) mass is 291 g/mol. The smallest absolute Gasteiger partial charge is 0.226 e. The van der Waals surface area contributed by atoms with Crippen molar-refractivity contribution in [1.82, 2.24) is 9.97 Å². The summed E-state index contributed by atoms with van der Waals surface area (Å²) in [5.41, 5.74) is 1.89. The number of nitrogens with zero attached hydrogens (tertiary/aromatic N) is 2. The Morgan fingerprint density at radius 1 is 1.25 bits per heavy atom. The lowest BCUT2D eigenvalue weighted by molar-refractivity contribution is 0.293. The molecule has 1 heterocycles. The lowest BCUT2D eigenvalue weighted by Crippen LogP contribution is -2.07. The number of halogens is 1. The first kappa shape index (κ1) is 14.6. The number of ether oxygens (including phenoxy) is 1. The van der Waals surface area contributed by atoms with Gasteiger partial charge in [0.15, 0.2) is 0 Å². The average molecular weight is 292 g/mol. The minimum Gasteiger partial charge on any atom is -0.473 e. The second-order valence-electron chi connectivity index (χ2n) is 4.52. The van der Waals surface area contributed by atoms with Gasteiger partial charge in [0.1, 0.15) is 6.61 Å². The van der Waals surface area contributed by atoms with Gasteiger partial charge in [-0.05, 0) is 31.0 Å². The minimum atomic E-state index is 0.435. The third-order valence-corrected chi connectivity index (χ3v) is 2.87. The molecule has 0 saturated heterocycles. The second kappa shape index (κ2) is 7.10. The molecular formula is C15H18ClN3O. The molecule has 0 aliphatic rings. The predicted octanol–water partition coefficient (Wildman–Crippen LogP) is 3.84. The number of rotatable bonds is 6. The van der Waals surface area contributed by atoms with E-state index in [1.807, 2.05) is 37.3 Å². The summed E-state index contributed by atoms with van der Waals surface area (Å²) in [7, 11) is 0. The summed E-state index contributed by atoms with van der Waals surface area (Å²) < 4.78 is 5.70. The topological polar surface area (TPSA) is 47.0 Å². The number of benzene rings is 1. The van der Waals surface area contributed by atoms with Gasteiger partial charge in [-0.25, -0.2) is 4.98 Å². The van der Waals surface area contributed by atoms with Crippen LogP contribution >= 0.6 is 11.6 Å². The van der Waals surface area contributed by atoms with Crippen LogP contribution in [0.3, 0.4) is 0 Å². The summed E-state index contributed by atoms with van der Waals surface area (Å²) >= 11 is 5.94. The fourth-order valence-electron chi connectivity index (χ4n) is 1.71. The van der Waals surface area contributed by atoms with Crippen LogP contribution in [0.2, 0.25) is 5.02 Å². The normalized spacial score (nSPS) is 10.3. The average Bonchev–Trinajstić information content (AvgIpc) is 2.42. The maximum Gasteiger partial charge on any atom is 0.226 e. The van der Waals surface area contributed by atoms with Crippen LogP contribution in [-0.4, -0.2) is 16.5 Å². The van der Waals surface area contributed by atoms with E-state index >= 15 is 0 Å². The first-order chi connectivity index (χ1) is 9.67. The highest BCUT2D eigenvalue weighted by atomic mass is 35.5. The molecule has 0 atom stereocenters. The Bertz CT molecular complexity index is 575. The van der Waals surface area contributed by atoms with Crippen molar-refractivity contribution in [3.8, 4) is 5.88 Å². The lowest BCUT2D eigenvalue weighted by atomic mass is 10.2. The fourth-order valence-corrected chi connectivity index (χ4v) is 1.93. The summed E-state index contributed by atoms with van der Waals surface area (Å²) in [5, 5.41) is 3.86. The Hall–Kier alpha value is -1.81. The molecule has 0 aliphatic carbocycles. The largest absolute Gasteiger partial charge is 0.473 e. The molecule has 106 valence electrons. The minimum absolute atomic E-state index is 0.435. The van der Waals surface area contributed by atoms with Crippen molar-refractivity contribution in [3.63, 3.8) is 0 Å². The van der Waals surface area contributed by atoms with Crippen LogP contribution < -0.4 is 10.1 Å². The van der Waals surface area contributed by atoms with Crippen molar-refractivity contribution in [2.45, 2.75) is 26.9 Å². The lowest BCUT2D eigenvalue weighted by Gasteiger charge is -2.09. The molecule has 20 heavy (non-hydrogen) atoms. The highest BCUT2D eigenvalue weighted by Crippen LogP contribution is 2.16. The Kier molecular flexibility index (Phi) is 5.18. The first-order valence-corrected chi connectivity index (χ1v) is 7.02. The van der Waals surface area contributed by atoms with Crippen molar-refractivity contribution in [2.24, 2.45) is 0 Å². The molecule has 0 saturated carbocycles. The van der Waals surface area contributed by atoms with Crippen molar-refractivity contribution in [2.75, 3.05) is 11.9 Å². The van der Waals surface area contributed by atoms with E-state index in [9.17, 15) is 0 Å². The van der Waals surface area contributed by atoms with Gasteiger partial charge in [-0.15, -0.1) is 0 Å². The molecule has 0 amide bonds. The zero-order valence-electron chi connectivity index (χ0n) is 11.7. The van der Waals surface area contributed by atoms with Crippen molar-refractivity contribution in [3.05, 3.63) is 46.6 Å². The van der Waals surface area contributed by atoms with E-state index < -0.39 is 0 Å². The Balaban J connectivity index is 2.03. The molecule has 2 rings (SSSR count). The number of nitrogens with one attached hydrogen (secondary N) is 1. The number of anilines is 1. The van der Waals surface area contributed by atoms with Gasteiger partial charge < -0.3 is 10.1 Å². The van der Waals surface area contributed by atoms with Crippen LogP contribution in [0.25, 0.3) is 0 Å². The molecule has 2 aromatic rings. The SMILES string of the molecule is CCCNc1nc(C)cc(OCc2cccc(Cl)c2)n1. The zero-order valence-corrected chi connectivity index (χ0v) is 12.4. The molecule has 1 N–H and O–H groups in total. The fraction of sp³-hybridized carbons (Fsp3) is 0.333. The predicted molar refractivity (Wildman–Crippen MR) is 81.3 cm³/mol. The Morgan fingerprint density at radius 2 is 2.10 bits per heavy atom. The first-order valence-electron chi connectivity index (χ1n) is 6.64. The van der Waals surface area contributed by atoms with Crippen LogP contribution in [0.4, 0.5) is 5.95 Å². The number of hydrogen-bond donors (Lipinski definition) is 1. The van der Waals surface area contributed by atoms with Gasteiger partial charge in [0.2, 0.25) is 11.8 Å². The van der Waals surface area contributed by atoms with Crippen molar-refractivity contribution < 1.29 is 4.74 Å². The Labute approximate surface area is 124 Å². The highest BCUT2D eigenvalue weighted by Gasteiger charge is 2.03. The van der Waals surface area contributed by atoms with Gasteiger partial charge in [-0.2, -0.15) is 4.98 Å². The molecule has 4 nitrogen and oxygen atoms in total. The molecule has 0 aliphatic heterocycles. The van der Waals surface area contributed by atoms with Gasteiger partial charge in [0.25, 0.3) is 0 Å². The summed E-state index contributed by atoms with van der Waals surface area (Å²) in [5.74, 6) is 1.17. The van der Waals surface area contributed by atoms with Crippen molar-refractivity contribution in [1.29, 1.82) is 0 Å². The van der Waals surface area contributed by atoms with E-state index in [0.29, 0.717) is 23.5 Å². The molecule has 1 aromatic carbocycles. The molecule has 0 fully saturated rings. The van der Waals surface area contributed by atoms with Crippen LogP contribution in [0, 0.1) is 6.92 Å². The maximum atomic E-state index is 5.94. The molecule has 5 heteroatoms. The van der Waals surface area contributed by atoms with Gasteiger partial charge in [0.05, 0.1) is 0 Å². The summed E-state index contributed by atoms with van der Waals surface area (Å²) in [6.45, 7) is 5.30.